The summed E-state index contributed by atoms with van der Waals surface area (Å²) in [7, 11) is 0. The molecule has 0 aliphatic carbocycles. The summed E-state index contributed by atoms with van der Waals surface area (Å²) < 4.78 is 0. The Kier molecular flexibility index (Phi) is 6.14. The molecule has 0 N–H and O–H groups in total. The van der Waals surface area contributed by atoms with Crippen molar-refractivity contribution in [2.45, 2.75) is 16.8 Å². The van der Waals surface area contributed by atoms with Crippen LogP contribution in [0, 0.1) is 10.1 Å². The molecule has 0 saturated heterocycles. The normalized spacial score (nSPS) is 14.1. The quantitative estimate of drug-likeness (QED) is 0.220. The molecule has 3 aromatic rings. The Morgan fingerprint density at radius 2 is 1.22 bits per heavy atom. The van der Waals surface area contributed by atoms with E-state index in [2.05, 4.69) is 15.9 Å². The van der Waals surface area contributed by atoms with E-state index in [-0.39, 0.29) is 10.7 Å². The standard InChI is InChI=1S/C22H18BrNO3/c23-20(22(25)18-14-8-3-9-15-18)19(16-10-4-1-5-11-16)21(24(26)27)17-12-6-2-7-13-17/h1-15,19-21H/t19-,20+,21-/m1/s1. The highest BCUT2D eigenvalue weighted by Crippen LogP contribution is 2.40. The van der Waals surface area contributed by atoms with Gasteiger partial charge in [0.25, 0.3) is 0 Å². The van der Waals surface area contributed by atoms with Gasteiger partial charge in [0, 0.05) is 16.1 Å². The molecule has 0 aliphatic rings. The van der Waals surface area contributed by atoms with Crippen LogP contribution in [0.1, 0.15) is 33.4 Å². The number of Topliss-reactive ketones (excluding diaryl/α,β-unsaturated/α-hetero) is 1. The molecular weight excluding hydrogens is 406 g/mol. The number of carbonyl (C=O) groups excluding carboxylic acids is 1. The molecule has 0 unspecified atom stereocenters. The van der Waals surface area contributed by atoms with E-state index in [1.807, 2.05) is 42.5 Å². The monoisotopic (exact) mass is 423 g/mol. The maximum Gasteiger partial charge on any atom is 0.246 e. The minimum Gasteiger partial charge on any atom is -0.293 e. The summed E-state index contributed by atoms with van der Waals surface area (Å²) in [6.07, 6.45) is 0. The molecule has 5 heteroatoms. The summed E-state index contributed by atoms with van der Waals surface area (Å²) in [6, 6.07) is 25.8. The number of carbonyl (C=O) groups is 1. The molecule has 136 valence electrons. The molecular formula is C22H18BrNO3. The number of nitrogens with zero attached hydrogens (tertiary/aromatic N) is 1. The second-order valence-electron chi connectivity index (χ2n) is 6.21. The van der Waals surface area contributed by atoms with Gasteiger partial charge in [0.15, 0.2) is 5.78 Å². The number of ketones is 1. The number of alkyl halides is 1. The third kappa shape index (κ3) is 4.31. The van der Waals surface area contributed by atoms with E-state index in [0.29, 0.717) is 11.1 Å². The molecule has 4 nitrogen and oxygen atoms in total. The minimum atomic E-state index is -1.05. The van der Waals surface area contributed by atoms with E-state index in [4.69, 9.17) is 0 Å². The Labute approximate surface area is 166 Å². The van der Waals surface area contributed by atoms with Crippen LogP contribution in [0.25, 0.3) is 0 Å². The van der Waals surface area contributed by atoms with E-state index < -0.39 is 16.8 Å². The molecule has 0 spiro atoms. The third-order valence-corrected chi connectivity index (χ3v) is 5.50. The number of nitro groups is 1. The number of hydrogen-bond acceptors (Lipinski definition) is 3. The van der Waals surface area contributed by atoms with Gasteiger partial charge in [-0.05, 0) is 5.56 Å². The summed E-state index contributed by atoms with van der Waals surface area (Å²) in [6.45, 7) is 0. The topological polar surface area (TPSA) is 60.2 Å². The summed E-state index contributed by atoms with van der Waals surface area (Å²) in [5.74, 6) is -0.830. The molecule has 0 aliphatic heterocycles. The van der Waals surface area contributed by atoms with Crippen molar-refractivity contribution in [3.05, 3.63) is 118 Å². The Morgan fingerprint density at radius 3 is 1.70 bits per heavy atom. The largest absolute Gasteiger partial charge is 0.293 e. The van der Waals surface area contributed by atoms with Gasteiger partial charge in [-0.25, -0.2) is 0 Å². The lowest BCUT2D eigenvalue weighted by molar-refractivity contribution is -0.533. The maximum absolute atomic E-state index is 13.0. The smallest absolute Gasteiger partial charge is 0.246 e. The fourth-order valence-electron chi connectivity index (χ4n) is 3.22. The van der Waals surface area contributed by atoms with Crippen LogP contribution in [-0.4, -0.2) is 15.5 Å². The first kappa shape index (κ1) is 19.0. The lowest BCUT2D eigenvalue weighted by atomic mass is 9.82. The molecule has 0 heterocycles. The van der Waals surface area contributed by atoms with Gasteiger partial charge in [-0.1, -0.05) is 107 Å². The average molecular weight is 424 g/mol. The van der Waals surface area contributed by atoms with Gasteiger partial charge >= 0.3 is 0 Å². The molecule has 0 amide bonds. The van der Waals surface area contributed by atoms with E-state index in [1.54, 1.807) is 48.5 Å². The summed E-state index contributed by atoms with van der Waals surface area (Å²) >= 11 is 3.50. The SMILES string of the molecule is O=C(c1ccccc1)[C@@H](Br)[C@@H](c1ccccc1)[C@@H](c1ccccc1)[N+](=O)[O-]. The van der Waals surface area contributed by atoms with Crippen molar-refractivity contribution < 1.29 is 9.72 Å². The minimum absolute atomic E-state index is 0.174. The number of halogens is 1. The van der Waals surface area contributed by atoms with Gasteiger partial charge in [-0.3, -0.25) is 14.9 Å². The van der Waals surface area contributed by atoms with Crippen molar-refractivity contribution in [3.8, 4) is 0 Å². The first-order valence-corrected chi connectivity index (χ1v) is 9.48. The molecule has 3 rings (SSSR count). The number of benzene rings is 3. The highest BCUT2D eigenvalue weighted by atomic mass is 79.9. The van der Waals surface area contributed by atoms with Crippen molar-refractivity contribution >= 4 is 21.7 Å². The molecule has 0 fully saturated rings. The van der Waals surface area contributed by atoms with Crippen LogP contribution in [0.5, 0.6) is 0 Å². The molecule has 3 aromatic carbocycles. The van der Waals surface area contributed by atoms with E-state index >= 15 is 0 Å². The predicted molar refractivity (Wildman–Crippen MR) is 109 cm³/mol. The molecule has 27 heavy (non-hydrogen) atoms. The second-order valence-corrected chi connectivity index (χ2v) is 7.20. The highest BCUT2D eigenvalue weighted by Gasteiger charge is 2.42. The molecule has 3 atom stereocenters. The lowest BCUT2D eigenvalue weighted by Crippen LogP contribution is -2.31. The molecule has 0 saturated carbocycles. The zero-order valence-electron chi connectivity index (χ0n) is 14.4. The van der Waals surface area contributed by atoms with Crippen LogP contribution in [0.2, 0.25) is 0 Å². The Hall–Kier alpha value is -2.79. The Bertz CT molecular complexity index is 901. The van der Waals surface area contributed by atoms with E-state index in [1.165, 1.54) is 0 Å². The zero-order chi connectivity index (χ0) is 19.2. The summed E-state index contributed by atoms with van der Waals surface area (Å²) in [5, 5.41) is 12.1. The van der Waals surface area contributed by atoms with Gasteiger partial charge in [-0.15, -0.1) is 0 Å². The van der Waals surface area contributed by atoms with Gasteiger partial charge in [0.2, 0.25) is 6.04 Å². The van der Waals surface area contributed by atoms with Crippen LogP contribution in [-0.2, 0) is 0 Å². The van der Waals surface area contributed by atoms with Gasteiger partial charge in [-0.2, -0.15) is 0 Å². The van der Waals surface area contributed by atoms with Gasteiger partial charge in [0.05, 0.1) is 10.7 Å². The van der Waals surface area contributed by atoms with Crippen molar-refractivity contribution in [1.82, 2.24) is 0 Å². The van der Waals surface area contributed by atoms with Crippen LogP contribution in [0.4, 0.5) is 0 Å². The first-order valence-electron chi connectivity index (χ1n) is 8.56. The van der Waals surface area contributed by atoms with Crippen molar-refractivity contribution in [3.63, 3.8) is 0 Å². The molecule has 0 bridgehead atoms. The molecule has 0 radical (unpaired) electrons. The fourth-order valence-corrected chi connectivity index (χ4v) is 4.08. The first-order chi connectivity index (χ1) is 13.1. The fraction of sp³-hybridized carbons (Fsp3) is 0.136. The second kappa shape index (κ2) is 8.73. The van der Waals surface area contributed by atoms with Crippen LogP contribution in [0.15, 0.2) is 91.0 Å². The summed E-state index contributed by atoms with van der Waals surface area (Å²) in [4.78, 5) is 24.1. The third-order valence-electron chi connectivity index (χ3n) is 4.52. The zero-order valence-corrected chi connectivity index (χ0v) is 16.0. The lowest BCUT2D eigenvalue weighted by Gasteiger charge is -2.25. The van der Waals surface area contributed by atoms with Crippen molar-refractivity contribution in [2.75, 3.05) is 0 Å². The van der Waals surface area contributed by atoms with E-state index in [9.17, 15) is 14.9 Å². The number of rotatable bonds is 7. The van der Waals surface area contributed by atoms with Crippen LogP contribution in [0.3, 0.4) is 0 Å². The Morgan fingerprint density at radius 1 is 0.778 bits per heavy atom. The van der Waals surface area contributed by atoms with Gasteiger partial charge < -0.3 is 0 Å². The molecule has 0 aromatic heterocycles. The number of hydrogen-bond donors (Lipinski definition) is 0. The summed E-state index contributed by atoms with van der Waals surface area (Å²) in [5.41, 5.74) is 1.84. The van der Waals surface area contributed by atoms with Crippen molar-refractivity contribution in [2.24, 2.45) is 0 Å². The van der Waals surface area contributed by atoms with Gasteiger partial charge in [0.1, 0.15) is 0 Å². The van der Waals surface area contributed by atoms with Crippen LogP contribution >= 0.6 is 15.9 Å². The van der Waals surface area contributed by atoms with E-state index in [0.717, 1.165) is 5.56 Å². The van der Waals surface area contributed by atoms with Crippen molar-refractivity contribution in [1.29, 1.82) is 0 Å². The average Bonchev–Trinajstić information content (AvgIpc) is 2.72. The highest BCUT2D eigenvalue weighted by molar-refractivity contribution is 9.10. The van der Waals surface area contributed by atoms with Crippen LogP contribution < -0.4 is 0 Å². The Balaban J connectivity index is 2.08. The maximum atomic E-state index is 13.0. The predicted octanol–water partition coefficient (Wildman–Crippen LogP) is 5.43.